The minimum absolute atomic E-state index is 0.242. The van der Waals surface area contributed by atoms with Crippen LogP contribution in [-0.2, 0) is 0 Å². The number of hydrogen-bond donors (Lipinski definition) is 3. The van der Waals surface area contributed by atoms with Crippen LogP contribution in [0.15, 0.2) is 12.4 Å². The van der Waals surface area contributed by atoms with Crippen molar-refractivity contribution in [3.8, 4) is 11.8 Å². The maximum absolute atomic E-state index is 11.9. The molecule has 18 heavy (non-hydrogen) atoms. The number of nitrogens with one attached hydrogen (secondary N) is 2. The summed E-state index contributed by atoms with van der Waals surface area (Å²) in [6.07, 6.45) is 3.08. The standard InChI is InChI=1S/C11H11N5OS/c1-7-9(6-14-16-7)10(17)15-11-13-5-8(18-11)3-2-4-12/h5-6H,4,12H2,1H3,(H,14,16)(H,13,15,17). The highest BCUT2D eigenvalue weighted by Gasteiger charge is 2.12. The Morgan fingerprint density at radius 1 is 1.61 bits per heavy atom. The highest BCUT2D eigenvalue weighted by Crippen LogP contribution is 2.18. The van der Waals surface area contributed by atoms with Gasteiger partial charge in [-0.2, -0.15) is 5.10 Å². The van der Waals surface area contributed by atoms with E-state index in [4.69, 9.17) is 5.73 Å². The molecule has 2 aromatic rings. The molecule has 0 aliphatic rings. The third kappa shape index (κ3) is 2.74. The van der Waals surface area contributed by atoms with E-state index >= 15 is 0 Å². The fourth-order valence-corrected chi connectivity index (χ4v) is 1.96. The molecule has 0 atom stereocenters. The molecule has 7 heteroatoms. The Kier molecular flexibility index (Phi) is 3.72. The second-order valence-corrected chi connectivity index (χ2v) is 4.43. The van der Waals surface area contributed by atoms with E-state index < -0.39 is 0 Å². The molecule has 2 aromatic heterocycles. The van der Waals surface area contributed by atoms with Gasteiger partial charge in [-0.1, -0.05) is 23.2 Å². The maximum Gasteiger partial charge on any atom is 0.260 e. The monoisotopic (exact) mass is 261 g/mol. The van der Waals surface area contributed by atoms with Crippen molar-refractivity contribution < 1.29 is 4.79 Å². The van der Waals surface area contributed by atoms with Crippen molar-refractivity contribution in [1.29, 1.82) is 0 Å². The molecule has 0 spiro atoms. The molecule has 0 aliphatic heterocycles. The van der Waals surface area contributed by atoms with Crippen LogP contribution in [0.3, 0.4) is 0 Å². The molecule has 92 valence electrons. The molecule has 2 rings (SSSR count). The zero-order valence-corrected chi connectivity index (χ0v) is 10.5. The van der Waals surface area contributed by atoms with E-state index in [0.29, 0.717) is 22.9 Å². The van der Waals surface area contributed by atoms with Crippen LogP contribution in [-0.4, -0.2) is 27.6 Å². The van der Waals surface area contributed by atoms with Crippen LogP contribution in [0.4, 0.5) is 5.13 Å². The summed E-state index contributed by atoms with van der Waals surface area (Å²) in [4.78, 5) is 16.7. The molecule has 0 aromatic carbocycles. The molecule has 2 heterocycles. The van der Waals surface area contributed by atoms with Crippen molar-refractivity contribution in [2.45, 2.75) is 6.92 Å². The van der Waals surface area contributed by atoms with Crippen molar-refractivity contribution >= 4 is 22.4 Å². The summed E-state index contributed by atoms with van der Waals surface area (Å²) in [6.45, 7) is 2.08. The number of nitrogens with two attached hydrogens (primary N) is 1. The number of aromatic nitrogens is 3. The molecule has 0 saturated heterocycles. The average Bonchev–Trinajstić information content (AvgIpc) is 2.95. The molecule has 0 saturated carbocycles. The highest BCUT2D eigenvalue weighted by molar-refractivity contribution is 7.16. The Morgan fingerprint density at radius 3 is 3.11 bits per heavy atom. The summed E-state index contributed by atoms with van der Waals surface area (Å²) in [5, 5.41) is 9.69. The van der Waals surface area contributed by atoms with Gasteiger partial charge < -0.3 is 5.73 Å². The number of carbonyl (C=O) groups excluding carboxylic acids is 1. The summed E-state index contributed by atoms with van der Waals surface area (Å²) in [5.41, 5.74) is 6.49. The summed E-state index contributed by atoms with van der Waals surface area (Å²) in [5.74, 6) is 5.34. The Morgan fingerprint density at radius 2 is 2.44 bits per heavy atom. The number of hydrogen-bond acceptors (Lipinski definition) is 5. The van der Waals surface area contributed by atoms with Gasteiger partial charge in [-0.25, -0.2) is 4.98 Å². The average molecular weight is 261 g/mol. The first-order chi connectivity index (χ1) is 8.70. The second kappa shape index (κ2) is 5.44. The SMILES string of the molecule is Cc1[nH]ncc1C(=O)Nc1ncc(C#CCN)s1. The third-order valence-corrected chi connectivity index (χ3v) is 2.94. The van der Waals surface area contributed by atoms with Gasteiger partial charge in [0, 0.05) is 5.69 Å². The van der Waals surface area contributed by atoms with Crippen molar-refractivity contribution in [3.05, 3.63) is 28.5 Å². The van der Waals surface area contributed by atoms with Crippen LogP contribution < -0.4 is 11.1 Å². The number of nitrogens with zero attached hydrogens (tertiary/aromatic N) is 2. The second-order valence-electron chi connectivity index (χ2n) is 3.40. The number of amides is 1. The van der Waals surface area contributed by atoms with E-state index in [2.05, 4.69) is 32.3 Å². The molecule has 1 amide bonds. The molecular weight excluding hydrogens is 250 g/mol. The van der Waals surface area contributed by atoms with Crippen molar-refractivity contribution in [1.82, 2.24) is 15.2 Å². The van der Waals surface area contributed by atoms with E-state index in [1.54, 1.807) is 13.1 Å². The summed E-state index contributed by atoms with van der Waals surface area (Å²) >= 11 is 1.30. The topological polar surface area (TPSA) is 96.7 Å². The fraction of sp³-hybridized carbons (Fsp3) is 0.182. The van der Waals surface area contributed by atoms with Crippen molar-refractivity contribution in [2.75, 3.05) is 11.9 Å². The first-order valence-electron chi connectivity index (χ1n) is 5.17. The molecule has 0 fully saturated rings. The molecule has 0 radical (unpaired) electrons. The van der Waals surface area contributed by atoms with Crippen molar-refractivity contribution in [3.63, 3.8) is 0 Å². The lowest BCUT2D eigenvalue weighted by Gasteiger charge is -1.98. The largest absolute Gasteiger partial charge is 0.320 e. The first-order valence-corrected chi connectivity index (χ1v) is 5.98. The number of aryl methyl sites for hydroxylation is 1. The van der Waals surface area contributed by atoms with Gasteiger partial charge in [0.15, 0.2) is 5.13 Å². The van der Waals surface area contributed by atoms with Crippen LogP contribution in [0, 0.1) is 18.8 Å². The summed E-state index contributed by atoms with van der Waals surface area (Å²) in [6, 6.07) is 0. The number of anilines is 1. The van der Waals surface area contributed by atoms with E-state index in [-0.39, 0.29) is 5.91 Å². The van der Waals surface area contributed by atoms with Gasteiger partial charge in [0.2, 0.25) is 0 Å². The Labute approximate surface area is 108 Å². The van der Waals surface area contributed by atoms with Gasteiger partial charge in [0.05, 0.1) is 29.4 Å². The Hall–Kier alpha value is -2.17. The van der Waals surface area contributed by atoms with Crippen LogP contribution in [0.1, 0.15) is 20.9 Å². The molecule has 0 unspecified atom stereocenters. The van der Waals surface area contributed by atoms with Gasteiger partial charge in [0.25, 0.3) is 5.91 Å². The third-order valence-electron chi connectivity index (χ3n) is 2.11. The predicted octanol–water partition coefficient (Wildman–Crippen LogP) is 0.737. The smallest absolute Gasteiger partial charge is 0.260 e. The van der Waals surface area contributed by atoms with Crippen molar-refractivity contribution in [2.24, 2.45) is 5.73 Å². The van der Waals surface area contributed by atoms with Crippen LogP contribution >= 0.6 is 11.3 Å². The molecule has 6 nitrogen and oxygen atoms in total. The predicted molar refractivity (Wildman–Crippen MR) is 69.3 cm³/mol. The normalized spacial score (nSPS) is 9.67. The number of aromatic amines is 1. The van der Waals surface area contributed by atoms with Gasteiger partial charge in [-0.05, 0) is 6.92 Å². The fourth-order valence-electron chi connectivity index (χ4n) is 1.27. The molecule has 4 N–H and O–H groups in total. The van der Waals surface area contributed by atoms with E-state index in [9.17, 15) is 4.79 Å². The van der Waals surface area contributed by atoms with Gasteiger partial charge in [0.1, 0.15) is 0 Å². The minimum atomic E-state index is -0.242. The lowest BCUT2D eigenvalue weighted by atomic mass is 10.2. The number of rotatable bonds is 2. The lowest BCUT2D eigenvalue weighted by Crippen LogP contribution is -2.11. The lowest BCUT2D eigenvalue weighted by molar-refractivity contribution is 0.102. The Balaban J connectivity index is 2.08. The van der Waals surface area contributed by atoms with Gasteiger partial charge in [-0.15, -0.1) is 0 Å². The van der Waals surface area contributed by atoms with Gasteiger partial charge in [-0.3, -0.25) is 15.2 Å². The summed E-state index contributed by atoms with van der Waals surface area (Å²) in [7, 11) is 0. The van der Waals surface area contributed by atoms with E-state index in [0.717, 1.165) is 4.88 Å². The molecule has 0 bridgehead atoms. The highest BCUT2D eigenvalue weighted by atomic mass is 32.1. The molecular formula is C11H11N5OS. The van der Waals surface area contributed by atoms with Crippen LogP contribution in [0.5, 0.6) is 0 Å². The number of thiazole rings is 1. The van der Waals surface area contributed by atoms with Gasteiger partial charge >= 0.3 is 0 Å². The van der Waals surface area contributed by atoms with Crippen LogP contribution in [0.2, 0.25) is 0 Å². The van der Waals surface area contributed by atoms with E-state index in [1.165, 1.54) is 17.5 Å². The number of carbonyl (C=O) groups is 1. The number of H-pyrrole nitrogens is 1. The first kappa shape index (κ1) is 12.3. The quantitative estimate of drug-likeness (QED) is 0.694. The minimum Gasteiger partial charge on any atom is -0.320 e. The maximum atomic E-state index is 11.9. The van der Waals surface area contributed by atoms with E-state index in [1.807, 2.05) is 0 Å². The zero-order chi connectivity index (χ0) is 13.0. The Bertz CT molecular complexity index is 619. The zero-order valence-electron chi connectivity index (χ0n) is 9.65. The summed E-state index contributed by atoms with van der Waals surface area (Å²) < 4.78 is 0. The van der Waals surface area contributed by atoms with Crippen LogP contribution in [0.25, 0.3) is 0 Å². The molecule has 0 aliphatic carbocycles.